The van der Waals surface area contributed by atoms with Gasteiger partial charge in [0.05, 0.1) is 6.61 Å². The Bertz CT molecular complexity index is 357. The fourth-order valence-electron chi connectivity index (χ4n) is 3.77. The van der Waals surface area contributed by atoms with E-state index in [1.54, 1.807) is 0 Å². The molecular formula is C15H26N2O3. The first-order valence-corrected chi connectivity index (χ1v) is 7.93. The van der Waals surface area contributed by atoms with Gasteiger partial charge in [-0.1, -0.05) is 0 Å². The molecular weight excluding hydrogens is 256 g/mol. The van der Waals surface area contributed by atoms with Crippen molar-refractivity contribution in [1.82, 2.24) is 9.80 Å². The first-order chi connectivity index (χ1) is 9.71. The molecule has 0 N–H and O–H groups in total. The molecule has 1 spiro atoms. The van der Waals surface area contributed by atoms with Crippen molar-refractivity contribution in [3.8, 4) is 0 Å². The molecule has 0 aromatic rings. The predicted molar refractivity (Wildman–Crippen MR) is 75.6 cm³/mol. The topological polar surface area (TPSA) is 42.0 Å². The number of hydrogen-bond acceptors (Lipinski definition) is 4. The molecule has 5 heteroatoms. The molecule has 1 atom stereocenters. The molecule has 1 unspecified atom stereocenters. The number of hydrogen-bond donors (Lipinski definition) is 0. The maximum atomic E-state index is 12.7. The highest BCUT2D eigenvalue weighted by molar-refractivity contribution is 5.85. The second-order valence-corrected chi connectivity index (χ2v) is 6.34. The van der Waals surface area contributed by atoms with Gasteiger partial charge in [0.2, 0.25) is 0 Å². The smallest absolute Gasteiger partial charge is 0.255 e. The van der Waals surface area contributed by atoms with Gasteiger partial charge in [-0.3, -0.25) is 9.69 Å². The molecule has 3 aliphatic rings. The van der Waals surface area contributed by atoms with Crippen LogP contribution < -0.4 is 0 Å². The van der Waals surface area contributed by atoms with Gasteiger partial charge in [0.1, 0.15) is 0 Å². The van der Waals surface area contributed by atoms with Crippen molar-refractivity contribution in [2.75, 3.05) is 46.5 Å². The highest BCUT2D eigenvalue weighted by Crippen LogP contribution is 2.31. The monoisotopic (exact) mass is 282 g/mol. The molecule has 3 rings (SSSR count). The van der Waals surface area contributed by atoms with Crippen LogP contribution in [0.4, 0.5) is 0 Å². The van der Waals surface area contributed by atoms with Crippen LogP contribution in [0.5, 0.6) is 0 Å². The van der Waals surface area contributed by atoms with E-state index in [4.69, 9.17) is 9.47 Å². The zero-order valence-electron chi connectivity index (χ0n) is 12.5. The molecule has 0 aliphatic carbocycles. The third-order valence-corrected chi connectivity index (χ3v) is 4.98. The highest BCUT2D eigenvalue weighted by Gasteiger charge is 2.47. The minimum Gasteiger partial charge on any atom is -0.381 e. The van der Waals surface area contributed by atoms with Crippen LogP contribution in [-0.2, 0) is 14.3 Å². The van der Waals surface area contributed by atoms with Gasteiger partial charge in [-0.2, -0.15) is 0 Å². The van der Waals surface area contributed by atoms with Crippen LogP contribution in [0.3, 0.4) is 0 Å². The lowest BCUT2D eigenvalue weighted by atomic mass is 9.92. The van der Waals surface area contributed by atoms with Crippen LogP contribution in [0.15, 0.2) is 0 Å². The number of likely N-dealkylation sites (tertiary alicyclic amines) is 1. The zero-order chi connectivity index (χ0) is 14.0. The van der Waals surface area contributed by atoms with Crippen molar-refractivity contribution in [2.45, 2.75) is 43.7 Å². The van der Waals surface area contributed by atoms with E-state index in [1.807, 2.05) is 11.9 Å². The van der Waals surface area contributed by atoms with Crippen molar-refractivity contribution in [3.05, 3.63) is 0 Å². The third-order valence-electron chi connectivity index (χ3n) is 4.98. The largest absolute Gasteiger partial charge is 0.381 e. The van der Waals surface area contributed by atoms with Crippen LogP contribution in [0.2, 0.25) is 0 Å². The van der Waals surface area contributed by atoms with Gasteiger partial charge in [-0.15, -0.1) is 0 Å². The Balaban J connectivity index is 1.73. The molecule has 0 aromatic carbocycles. The number of morpholine rings is 1. The van der Waals surface area contributed by atoms with E-state index in [2.05, 4.69) is 4.90 Å². The Kier molecular flexibility index (Phi) is 4.29. The number of carbonyl (C=O) groups excluding carboxylic acids is 1. The summed E-state index contributed by atoms with van der Waals surface area (Å²) in [5.41, 5.74) is -0.582. The molecule has 114 valence electrons. The standard InChI is InChI=1S/C15H26N2O3/c1-16-7-3-2-6-15(14(16)18)12-17(8-11-20-15)13-4-9-19-10-5-13/h13H,2-12H2,1H3. The van der Waals surface area contributed by atoms with Crippen molar-refractivity contribution in [1.29, 1.82) is 0 Å². The van der Waals surface area contributed by atoms with Crippen LogP contribution in [0.1, 0.15) is 32.1 Å². The molecule has 3 fully saturated rings. The van der Waals surface area contributed by atoms with Crippen LogP contribution >= 0.6 is 0 Å². The molecule has 3 aliphatic heterocycles. The number of likely N-dealkylation sites (N-methyl/N-ethyl adjacent to an activating group) is 1. The molecule has 0 aromatic heterocycles. The molecule has 0 bridgehead atoms. The van der Waals surface area contributed by atoms with E-state index < -0.39 is 5.60 Å². The Morgan fingerprint density at radius 1 is 1.15 bits per heavy atom. The van der Waals surface area contributed by atoms with Crippen molar-refractivity contribution in [3.63, 3.8) is 0 Å². The van der Waals surface area contributed by atoms with Gasteiger partial charge in [0.25, 0.3) is 5.91 Å². The number of carbonyl (C=O) groups is 1. The fourth-order valence-corrected chi connectivity index (χ4v) is 3.77. The lowest BCUT2D eigenvalue weighted by molar-refractivity contribution is -0.173. The van der Waals surface area contributed by atoms with Gasteiger partial charge in [-0.05, 0) is 32.1 Å². The molecule has 5 nitrogen and oxygen atoms in total. The average Bonchev–Trinajstić information content (AvgIpc) is 2.63. The normalized spacial score (nSPS) is 34.5. The second kappa shape index (κ2) is 6.00. The Labute approximate surface area is 121 Å². The SMILES string of the molecule is CN1CCCCC2(CN(C3CCOCC3)CCO2)C1=O. The van der Waals surface area contributed by atoms with Crippen molar-refractivity contribution >= 4 is 5.91 Å². The van der Waals surface area contributed by atoms with Gasteiger partial charge in [0.15, 0.2) is 5.60 Å². The van der Waals surface area contributed by atoms with Crippen molar-refractivity contribution in [2.24, 2.45) is 0 Å². The lowest BCUT2D eigenvalue weighted by Gasteiger charge is -2.45. The maximum absolute atomic E-state index is 12.7. The summed E-state index contributed by atoms with van der Waals surface area (Å²) in [4.78, 5) is 17.0. The summed E-state index contributed by atoms with van der Waals surface area (Å²) < 4.78 is 11.5. The van der Waals surface area contributed by atoms with Gasteiger partial charge < -0.3 is 14.4 Å². The molecule has 3 saturated heterocycles. The zero-order valence-corrected chi connectivity index (χ0v) is 12.5. The van der Waals surface area contributed by atoms with Gasteiger partial charge in [-0.25, -0.2) is 0 Å². The number of rotatable bonds is 1. The van der Waals surface area contributed by atoms with Crippen LogP contribution in [0, 0.1) is 0 Å². The number of amides is 1. The Hall–Kier alpha value is -0.650. The van der Waals surface area contributed by atoms with Gasteiger partial charge in [0, 0.05) is 45.9 Å². The Morgan fingerprint density at radius 3 is 2.75 bits per heavy atom. The van der Waals surface area contributed by atoms with E-state index in [1.165, 1.54) is 0 Å². The lowest BCUT2D eigenvalue weighted by Crippen LogP contribution is -2.61. The summed E-state index contributed by atoms with van der Waals surface area (Å²) in [7, 11) is 1.91. The molecule has 0 saturated carbocycles. The highest BCUT2D eigenvalue weighted by atomic mass is 16.5. The third kappa shape index (κ3) is 2.71. The first kappa shape index (κ1) is 14.3. The molecule has 20 heavy (non-hydrogen) atoms. The summed E-state index contributed by atoms with van der Waals surface area (Å²) >= 11 is 0. The second-order valence-electron chi connectivity index (χ2n) is 6.34. The first-order valence-electron chi connectivity index (χ1n) is 7.93. The van der Waals surface area contributed by atoms with Crippen molar-refractivity contribution < 1.29 is 14.3 Å². The maximum Gasteiger partial charge on any atom is 0.255 e. The Morgan fingerprint density at radius 2 is 1.95 bits per heavy atom. The van der Waals surface area contributed by atoms with E-state index in [-0.39, 0.29) is 5.91 Å². The summed E-state index contributed by atoms with van der Waals surface area (Å²) in [5, 5.41) is 0. The summed E-state index contributed by atoms with van der Waals surface area (Å²) in [6, 6.07) is 0.561. The molecule has 0 radical (unpaired) electrons. The van der Waals surface area contributed by atoms with E-state index in [0.717, 1.165) is 65.0 Å². The summed E-state index contributed by atoms with van der Waals surface area (Å²) in [5.74, 6) is 0.187. The molecule has 3 heterocycles. The fraction of sp³-hybridized carbons (Fsp3) is 0.933. The van der Waals surface area contributed by atoms with E-state index in [0.29, 0.717) is 12.6 Å². The van der Waals surface area contributed by atoms with Crippen LogP contribution in [-0.4, -0.2) is 73.9 Å². The summed E-state index contributed by atoms with van der Waals surface area (Å²) in [6.45, 7) is 4.95. The quantitative estimate of drug-likeness (QED) is 0.716. The van der Waals surface area contributed by atoms with E-state index in [9.17, 15) is 4.79 Å². The van der Waals surface area contributed by atoms with Crippen LogP contribution in [0.25, 0.3) is 0 Å². The number of nitrogens with zero attached hydrogens (tertiary/aromatic N) is 2. The minimum atomic E-state index is -0.582. The number of ether oxygens (including phenoxy) is 2. The molecule has 1 amide bonds. The van der Waals surface area contributed by atoms with Gasteiger partial charge >= 0.3 is 0 Å². The predicted octanol–water partition coefficient (Wildman–Crippen LogP) is 0.879. The van der Waals surface area contributed by atoms with E-state index >= 15 is 0 Å². The minimum absolute atomic E-state index is 0.187. The summed E-state index contributed by atoms with van der Waals surface area (Å²) in [6.07, 6.45) is 5.21. The average molecular weight is 282 g/mol.